The summed E-state index contributed by atoms with van der Waals surface area (Å²) in [5, 5.41) is 5.31. The zero-order valence-electron chi connectivity index (χ0n) is 15.8. The summed E-state index contributed by atoms with van der Waals surface area (Å²) in [6, 6.07) is 21.9. The number of fused-ring (bicyclic) bond motifs is 2. The van der Waals surface area contributed by atoms with E-state index in [2.05, 4.69) is 40.6 Å². The number of aryl methyl sites for hydroxylation is 1. The van der Waals surface area contributed by atoms with Crippen molar-refractivity contribution in [3.05, 3.63) is 77.9 Å². The second-order valence-electron chi connectivity index (χ2n) is 6.77. The molecule has 142 valence electrons. The number of benzene rings is 3. The average Bonchev–Trinajstić information content (AvgIpc) is 3.21. The van der Waals surface area contributed by atoms with Crippen LogP contribution >= 0.6 is 0 Å². The minimum absolute atomic E-state index is 0.251. The van der Waals surface area contributed by atoms with E-state index in [1.165, 1.54) is 0 Å². The molecule has 2 heterocycles. The molecule has 0 amide bonds. The molecule has 0 radical (unpaired) electrons. The van der Waals surface area contributed by atoms with Crippen LogP contribution in [0, 0.1) is 6.92 Å². The van der Waals surface area contributed by atoms with E-state index >= 15 is 0 Å². The Labute approximate surface area is 167 Å². The average molecular weight is 382 g/mol. The zero-order valence-corrected chi connectivity index (χ0v) is 15.8. The Kier molecular flexibility index (Phi) is 4.29. The Balaban J connectivity index is 1.48. The van der Waals surface area contributed by atoms with Gasteiger partial charge >= 0.3 is 0 Å². The van der Waals surface area contributed by atoms with Crippen molar-refractivity contribution in [2.75, 3.05) is 12.2 Å². The van der Waals surface area contributed by atoms with Gasteiger partial charge in [-0.1, -0.05) is 42.5 Å². The molecule has 0 fully saturated rings. The molecular formula is C23H18N4O2. The Hall–Kier alpha value is -3.93. The van der Waals surface area contributed by atoms with E-state index in [-0.39, 0.29) is 6.79 Å². The number of nitrogens with one attached hydrogen (secondary N) is 1. The summed E-state index contributed by atoms with van der Waals surface area (Å²) in [6.45, 7) is 2.30. The molecular weight excluding hydrogens is 364 g/mol. The van der Waals surface area contributed by atoms with Crippen LogP contribution in [0.2, 0.25) is 0 Å². The van der Waals surface area contributed by atoms with E-state index in [4.69, 9.17) is 14.5 Å². The fraction of sp³-hybridized carbons (Fsp3) is 0.0870. The van der Waals surface area contributed by atoms with Gasteiger partial charge in [-0.2, -0.15) is 5.10 Å². The van der Waals surface area contributed by atoms with Gasteiger partial charge in [0.05, 0.1) is 17.4 Å². The summed E-state index contributed by atoms with van der Waals surface area (Å²) in [5.74, 6) is 1.91. The summed E-state index contributed by atoms with van der Waals surface area (Å²) in [5.41, 5.74) is 7.77. The van der Waals surface area contributed by atoms with Crippen LogP contribution in [-0.2, 0) is 0 Å². The second kappa shape index (κ2) is 7.24. The number of rotatable bonds is 4. The fourth-order valence-corrected chi connectivity index (χ4v) is 3.26. The van der Waals surface area contributed by atoms with Crippen LogP contribution in [-0.4, -0.2) is 23.0 Å². The Morgan fingerprint density at radius 3 is 2.69 bits per heavy atom. The van der Waals surface area contributed by atoms with Gasteiger partial charge in [0, 0.05) is 10.9 Å². The SMILES string of the molecule is Cc1ccc2c(-c3ccccc3)nc(N/N=C/c3ccc4c(c3)OCO4)nc2c1. The van der Waals surface area contributed by atoms with Gasteiger partial charge < -0.3 is 9.47 Å². The number of aromatic nitrogens is 2. The van der Waals surface area contributed by atoms with Crippen molar-refractivity contribution in [3.63, 3.8) is 0 Å². The molecule has 3 aromatic carbocycles. The summed E-state index contributed by atoms with van der Waals surface area (Å²) >= 11 is 0. The molecule has 4 aromatic rings. The summed E-state index contributed by atoms with van der Waals surface area (Å²) in [6.07, 6.45) is 1.70. The standard InChI is InChI=1S/C23H18N4O2/c1-15-7-9-18-19(11-15)25-23(26-22(18)17-5-3-2-4-6-17)27-24-13-16-8-10-20-21(12-16)29-14-28-20/h2-13H,14H2,1H3,(H,25,26,27)/b24-13+. The van der Waals surface area contributed by atoms with Crippen molar-refractivity contribution in [2.45, 2.75) is 6.92 Å². The molecule has 1 N–H and O–H groups in total. The third-order valence-corrected chi connectivity index (χ3v) is 4.67. The van der Waals surface area contributed by atoms with Crippen molar-refractivity contribution < 1.29 is 9.47 Å². The molecule has 6 nitrogen and oxygen atoms in total. The molecule has 29 heavy (non-hydrogen) atoms. The lowest BCUT2D eigenvalue weighted by molar-refractivity contribution is 0.174. The molecule has 0 saturated heterocycles. The molecule has 6 heteroatoms. The van der Waals surface area contributed by atoms with Crippen LogP contribution in [0.4, 0.5) is 5.95 Å². The molecule has 0 saturated carbocycles. The highest BCUT2D eigenvalue weighted by Crippen LogP contribution is 2.32. The first kappa shape index (κ1) is 17.2. The molecule has 0 aliphatic carbocycles. The first-order valence-corrected chi connectivity index (χ1v) is 9.29. The normalized spacial score (nSPS) is 12.6. The first-order valence-electron chi connectivity index (χ1n) is 9.29. The van der Waals surface area contributed by atoms with E-state index in [0.717, 1.165) is 44.8 Å². The van der Waals surface area contributed by atoms with Gasteiger partial charge in [0.15, 0.2) is 11.5 Å². The molecule has 0 atom stereocenters. The lowest BCUT2D eigenvalue weighted by Crippen LogP contribution is -2.00. The predicted octanol–water partition coefficient (Wildman–Crippen LogP) is 4.78. The number of hydrogen-bond acceptors (Lipinski definition) is 6. The highest BCUT2D eigenvalue weighted by molar-refractivity contribution is 5.93. The zero-order chi connectivity index (χ0) is 19.6. The van der Waals surface area contributed by atoms with E-state index in [1.807, 2.05) is 48.5 Å². The molecule has 0 bridgehead atoms. The van der Waals surface area contributed by atoms with Gasteiger partial charge in [0.25, 0.3) is 0 Å². The number of nitrogens with zero attached hydrogens (tertiary/aromatic N) is 3. The molecule has 5 rings (SSSR count). The van der Waals surface area contributed by atoms with E-state index < -0.39 is 0 Å². The summed E-state index contributed by atoms with van der Waals surface area (Å²) in [4.78, 5) is 9.34. The van der Waals surface area contributed by atoms with Gasteiger partial charge in [-0.15, -0.1) is 0 Å². The van der Waals surface area contributed by atoms with Crippen LogP contribution < -0.4 is 14.9 Å². The topological polar surface area (TPSA) is 68.6 Å². The van der Waals surface area contributed by atoms with E-state index in [1.54, 1.807) is 6.21 Å². The molecule has 0 unspecified atom stereocenters. The molecule has 1 aromatic heterocycles. The van der Waals surface area contributed by atoms with Gasteiger partial charge in [-0.05, 0) is 42.3 Å². The predicted molar refractivity (Wildman–Crippen MR) is 113 cm³/mol. The number of ether oxygens (including phenoxy) is 2. The molecule has 0 spiro atoms. The van der Waals surface area contributed by atoms with Crippen molar-refractivity contribution in [1.82, 2.24) is 9.97 Å². The molecule has 1 aliphatic rings. The van der Waals surface area contributed by atoms with Crippen LogP contribution in [0.25, 0.3) is 22.2 Å². The highest BCUT2D eigenvalue weighted by Gasteiger charge is 2.13. The maximum Gasteiger partial charge on any atom is 0.244 e. The largest absolute Gasteiger partial charge is 0.454 e. The minimum Gasteiger partial charge on any atom is -0.454 e. The Bertz CT molecular complexity index is 1220. The minimum atomic E-state index is 0.251. The van der Waals surface area contributed by atoms with Crippen LogP contribution in [0.5, 0.6) is 11.5 Å². The van der Waals surface area contributed by atoms with E-state index in [9.17, 15) is 0 Å². The maximum atomic E-state index is 5.40. The summed E-state index contributed by atoms with van der Waals surface area (Å²) in [7, 11) is 0. The monoisotopic (exact) mass is 382 g/mol. The van der Waals surface area contributed by atoms with Gasteiger partial charge in [-0.25, -0.2) is 15.4 Å². The maximum absolute atomic E-state index is 5.40. The van der Waals surface area contributed by atoms with Crippen molar-refractivity contribution in [3.8, 4) is 22.8 Å². The van der Waals surface area contributed by atoms with Crippen molar-refractivity contribution in [2.24, 2.45) is 5.10 Å². The van der Waals surface area contributed by atoms with Crippen LogP contribution in [0.1, 0.15) is 11.1 Å². The Morgan fingerprint density at radius 1 is 0.931 bits per heavy atom. The Morgan fingerprint density at radius 2 is 1.79 bits per heavy atom. The third kappa shape index (κ3) is 3.48. The lowest BCUT2D eigenvalue weighted by Gasteiger charge is -2.09. The van der Waals surface area contributed by atoms with Gasteiger partial charge in [0.1, 0.15) is 0 Å². The third-order valence-electron chi connectivity index (χ3n) is 4.67. The number of anilines is 1. The van der Waals surface area contributed by atoms with E-state index in [0.29, 0.717) is 5.95 Å². The van der Waals surface area contributed by atoms with Crippen LogP contribution in [0.3, 0.4) is 0 Å². The fourth-order valence-electron chi connectivity index (χ4n) is 3.26. The smallest absolute Gasteiger partial charge is 0.244 e. The van der Waals surface area contributed by atoms with Gasteiger partial charge in [-0.3, -0.25) is 0 Å². The molecule has 1 aliphatic heterocycles. The second-order valence-corrected chi connectivity index (χ2v) is 6.77. The number of hydrazone groups is 1. The van der Waals surface area contributed by atoms with Crippen LogP contribution in [0.15, 0.2) is 71.8 Å². The van der Waals surface area contributed by atoms with Crippen molar-refractivity contribution >= 4 is 23.1 Å². The highest BCUT2D eigenvalue weighted by atomic mass is 16.7. The van der Waals surface area contributed by atoms with Gasteiger partial charge in [0.2, 0.25) is 12.7 Å². The lowest BCUT2D eigenvalue weighted by atomic mass is 10.1. The summed E-state index contributed by atoms with van der Waals surface area (Å²) < 4.78 is 10.7. The number of hydrogen-bond donors (Lipinski definition) is 1. The first-order chi connectivity index (χ1) is 14.3. The quantitative estimate of drug-likeness (QED) is 0.406. The van der Waals surface area contributed by atoms with Crippen molar-refractivity contribution in [1.29, 1.82) is 0 Å².